The summed E-state index contributed by atoms with van der Waals surface area (Å²) in [5, 5.41) is 58.7. The van der Waals surface area contributed by atoms with Crippen LogP contribution >= 0.6 is 0 Å². The number of carboxylic acids is 2. The molecule has 0 spiro atoms. The van der Waals surface area contributed by atoms with E-state index in [9.17, 15) is 68.1 Å². The molecule has 15 N–H and O–H groups in total. The number of amides is 9. The molecule has 410 valence electrons. The molecule has 26 nitrogen and oxygen atoms in total. The molecular formula is C47H76N10O16. The Morgan fingerprint density at radius 3 is 1.55 bits per heavy atom. The Hall–Kier alpha value is -6.93. The minimum absolute atomic E-state index is 0.0992. The van der Waals surface area contributed by atoms with Crippen molar-refractivity contribution in [1.82, 2.24) is 47.9 Å². The quantitative estimate of drug-likeness (QED) is 0.0303. The van der Waals surface area contributed by atoms with Crippen LogP contribution in [0.25, 0.3) is 0 Å². The van der Waals surface area contributed by atoms with E-state index in [-0.39, 0.29) is 37.3 Å². The van der Waals surface area contributed by atoms with Crippen LogP contribution in [0.1, 0.15) is 120 Å². The number of hydrogen-bond donors (Lipinski definition) is 14. The monoisotopic (exact) mass is 1040 g/mol. The lowest BCUT2D eigenvalue weighted by molar-refractivity contribution is -0.142. The number of benzene rings is 1. The van der Waals surface area contributed by atoms with E-state index in [1.807, 2.05) is 6.92 Å². The predicted molar refractivity (Wildman–Crippen MR) is 262 cm³/mol. The highest BCUT2D eigenvalue weighted by Crippen LogP contribution is 2.14. The third kappa shape index (κ3) is 31.2. The van der Waals surface area contributed by atoms with Crippen molar-refractivity contribution in [1.29, 1.82) is 0 Å². The van der Waals surface area contributed by atoms with E-state index in [0.29, 0.717) is 44.6 Å². The van der Waals surface area contributed by atoms with Gasteiger partial charge < -0.3 is 78.7 Å². The first kappa shape index (κ1) is 64.1. The molecule has 1 aromatic carbocycles. The van der Waals surface area contributed by atoms with E-state index in [1.165, 1.54) is 12.1 Å². The van der Waals surface area contributed by atoms with Gasteiger partial charge in [-0.15, -0.1) is 0 Å². The first-order valence-electron chi connectivity index (χ1n) is 24.6. The molecule has 9 amide bonds. The number of aromatic carboxylic acids is 1. The van der Waals surface area contributed by atoms with Crippen LogP contribution in [0.4, 0.5) is 0 Å². The number of ether oxygens (including phenoxy) is 1. The molecule has 0 aliphatic carbocycles. The molecule has 0 fully saturated rings. The lowest BCUT2D eigenvalue weighted by atomic mass is 10.1. The standard InChI is InChI=1S/C47H76N10O16/c1-2-3-22-50-43(66)33(48)14-11-12-23-49-39(62)25-52-40(63)26-53-44(67)35(29-58)57-42(65)28-54-45(68)36(30-59)56-41(64)27-51-37(60)21-20-34(47(71)72)55-38(61)15-10-8-6-4-5-7-9-13-24-73-32-18-16-31(17-19-32)46(69)70/h16-19,33-36,58-59H,2-15,20-30,48H2,1H3,(H,49,62)(H,50,66)(H,51,60)(H,52,63)(H,53,67)(H,54,68)(H,55,61)(H,56,64)(H,57,65)(H,69,70)(H,71,72). The number of nitrogens with two attached hydrogens (primary N) is 1. The molecule has 0 bridgehead atoms. The fraction of sp³-hybridized carbons (Fsp3) is 0.638. The highest BCUT2D eigenvalue weighted by molar-refractivity contribution is 5.95. The van der Waals surface area contributed by atoms with Crippen LogP contribution < -0.4 is 58.3 Å². The third-order valence-corrected chi connectivity index (χ3v) is 10.8. The van der Waals surface area contributed by atoms with Gasteiger partial charge in [-0.05, 0) is 69.2 Å². The summed E-state index contributed by atoms with van der Waals surface area (Å²) in [5.41, 5.74) is 6.06. The van der Waals surface area contributed by atoms with Crippen LogP contribution in [0.3, 0.4) is 0 Å². The summed E-state index contributed by atoms with van der Waals surface area (Å²) in [5.74, 6) is -8.37. The second-order valence-electron chi connectivity index (χ2n) is 16.9. The molecule has 1 aromatic rings. The van der Waals surface area contributed by atoms with Gasteiger partial charge in [-0.25, -0.2) is 9.59 Å². The third-order valence-electron chi connectivity index (χ3n) is 10.8. The van der Waals surface area contributed by atoms with E-state index in [2.05, 4.69) is 47.9 Å². The largest absolute Gasteiger partial charge is 0.494 e. The van der Waals surface area contributed by atoms with Gasteiger partial charge >= 0.3 is 11.9 Å². The highest BCUT2D eigenvalue weighted by Gasteiger charge is 2.25. The van der Waals surface area contributed by atoms with Gasteiger partial charge in [0.1, 0.15) is 23.9 Å². The lowest BCUT2D eigenvalue weighted by Crippen LogP contribution is -2.55. The number of carboxylic acid groups (broad SMARTS) is 2. The number of aliphatic carboxylic acids is 1. The second kappa shape index (κ2) is 38.7. The normalized spacial score (nSPS) is 12.3. The number of carbonyl (C=O) groups excluding carboxylic acids is 9. The van der Waals surface area contributed by atoms with Crippen molar-refractivity contribution in [3.8, 4) is 5.75 Å². The molecular weight excluding hydrogens is 961 g/mol. The van der Waals surface area contributed by atoms with Crippen LogP contribution in [0, 0.1) is 0 Å². The molecule has 26 heteroatoms. The van der Waals surface area contributed by atoms with Gasteiger partial charge in [-0.1, -0.05) is 51.9 Å². The Kier molecular flexibility index (Phi) is 34.0. The lowest BCUT2D eigenvalue weighted by Gasteiger charge is -2.18. The Labute approximate surface area is 424 Å². The van der Waals surface area contributed by atoms with Crippen molar-refractivity contribution in [2.24, 2.45) is 5.73 Å². The fourth-order valence-electron chi connectivity index (χ4n) is 6.53. The first-order chi connectivity index (χ1) is 34.9. The van der Waals surface area contributed by atoms with Crippen LogP contribution in [-0.4, -0.2) is 169 Å². The number of rotatable bonds is 41. The summed E-state index contributed by atoms with van der Waals surface area (Å²) in [6.45, 7) is -0.943. The van der Waals surface area contributed by atoms with Gasteiger partial charge in [0.25, 0.3) is 0 Å². The summed E-state index contributed by atoms with van der Waals surface area (Å²) in [7, 11) is 0. The summed E-state index contributed by atoms with van der Waals surface area (Å²) in [4.78, 5) is 134. The zero-order valence-corrected chi connectivity index (χ0v) is 41.6. The maximum atomic E-state index is 12.6. The number of unbranched alkanes of at least 4 members (excludes halogenated alkanes) is 9. The SMILES string of the molecule is CCCCNC(=O)C(N)CCCCNC(=O)CNC(=O)CNC(=O)C(CO)NC(=O)CNC(=O)C(CO)NC(=O)CNC(=O)CCC(NC(=O)CCCCCCCCCCOc1ccc(C(=O)O)cc1)C(=O)O. The summed E-state index contributed by atoms with van der Waals surface area (Å²) >= 11 is 0. The van der Waals surface area contributed by atoms with Gasteiger partial charge in [-0.2, -0.15) is 0 Å². The van der Waals surface area contributed by atoms with Gasteiger partial charge in [0, 0.05) is 25.9 Å². The van der Waals surface area contributed by atoms with Gasteiger partial charge in [0.15, 0.2) is 0 Å². The van der Waals surface area contributed by atoms with Crippen molar-refractivity contribution >= 4 is 65.1 Å². The molecule has 0 aliphatic heterocycles. The van der Waals surface area contributed by atoms with Crippen molar-refractivity contribution in [2.75, 3.05) is 59.1 Å². The molecule has 73 heavy (non-hydrogen) atoms. The van der Waals surface area contributed by atoms with Crippen LogP contribution in [0.15, 0.2) is 24.3 Å². The molecule has 4 atom stereocenters. The van der Waals surface area contributed by atoms with E-state index < -0.39 is 123 Å². The van der Waals surface area contributed by atoms with Crippen molar-refractivity contribution in [2.45, 2.75) is 134 Å². The molecule has 0 radical (unpaired) electrons. The van der Waals surface area contributed by atoms with Gasteiger partial charge in [0.2, 0.25) is 53.2 Å². The molecule has 1 rings (SSSR count). The maximum Gasteiger partial charge on any atom is 0.335 e. The minimum atomic E-state index is -1.59. The molecule has 4 unspecified atom stereocenters. The molecule has 0 saturated heterocycles. The van der Waals surface area contributed by atoms with E-state index in [0.717, 1.165) is 57.8 Å². The molecule has 0 saturated carbocycles. The molecule has 0 aliphatic rings. The van der Waals surface area contributed by atoms with Crippen LogP contribution in [-0.2, 0) is 47.9 Å². The Bertz CT molecular complexity index is 1920. The Balaban J connectivity index is 2.25. The topological polar surface area (TPSA) is 412 Å². The summed E-state index contributed by atoms with van der Waals surface area (Å²) in [6.07, 6.45) is 9.80. The Morgan fingerprint density at radius 1 is 0.493 bits per heavy atom. The first-order valence-corrected chi connectivity index (χ1v) is 24.6. The molecule has 0 aromatic heterocycles. The van der Waals surface area contributed by atoms with Crippen molar-refractivity contribution < 1.29 is 77.9 Å². The maximum absolute atomic E-state index is 12.6. The minimum Gasteiger partial charge on any atom is -0.494 e. The smallest absolute Gasteiger partial charge is 0.335 e. The summed E-state index contributed by atoms with van der Waals surface area (Å²) < 4.78 is 5.63. The zero-order valence-electron chi connectivity index (χ0n) is 41.6. The molecule has 0 heterocycles. The highest BCUT2D eigenvalue weighted by atomic mass is 16.5. The van der Waals surface area contributed by atoms with E-state index in [4.69, 9.17) is 15.6 Å². The van der Waals surface area contributed by atoms with Gasteiger partial charge in [-0.3, -0.25) is 43.2 Å². The van der Waals surface area contributed by atoms with E-state index in [1.54, 1.807) is 12.1 Å². The average molecular weight is 1040 g/mol. The Morgan fingerprint density at radius 2 is 0.986 bits per heavy atom. The van der Waals surface area contributed by atoms with Crippen LogP contribution in [0.5, 0.6) is 5.75 Å². The van der Waals surface area contributed by atoms with E-state index >= 15 is 0 Å². The fourth-order valence-corrected chi connectivity index (χ4v) is 6.53. The van der Waals surface area contributed by atoms with Gasteiger partial charge in [0.05, 0.1) is 57.6 Å². The second-order valence-corrected chi connectivity index (χ2v) is 16.9. The number of hydrogen-bond acceptors (Lipinski definition) is 15. The number of aliphatic hydroxyl groups excluding tert-OH is 2. The summed E-state index contributed by atoms with van der Waals surface area (Å²) in [6, 6.07) is 1.06. The number of carbonyl (C=O) groups is 11. The zero-order chi connectivity index (χ0) is 54.4. The predicted octanol–water partition coefficient (Wildman–Crippen LogP) is -2.43. The average Bonchev–Trinajstić information content (AvgIpc) is 3.36. The number of nitrogens with one attached hydrogen (secondary N) is 9. The number of aliphatic hydroxyl groups is 2. The van der Waals surface area contributed by atoms with Crippen molar-refractivity contribution in [3.63, 3.8) is 0 Å². The van der Waals surface area contributed by atoms with Crippen LogP contribution in [0.2, 0.25) is 0 Å². The van der Waals surface area contributed by atoms with Crippen molar-refractivity contribution in [3.05, 3.63) is 29.8 Å².